The van der Waals surface area contributed by atoms with Gasteiger partial charge >= 0.3 is 0 Å². The van der Waals surface area contributed by atoms with Crippen LogP contribution in [0.15, 0.2) is 35.4 Å². The van der Waals surface area contributed by atoms with Crippen molar-refractivity contribution in [3.8, 4) is 6.07 Å². The summed E-state index contributed by atoms with van der Waals surface area (Å²) in [6.07, 6.45) is 1.67. The van der Waals surface area contributed by atoms with E-state index in [4.69, 9.17) is 5.26 Å². The highest BCUT2D eigenvalue weighted by atomic mass is 32.2. The van der Waals surface area contributed by atoms with Gasteiger partial charge in [0.15, 0.2) is 0 Å². The first-order valence-electron chi connectivity index (χ1n) is 4.35. The van der Waals surface area contributed by atoms with Gasteiger partial charge < -0.3 is 0 Å². The number of hydrogen-bond acceptors (Lipinski definition) is 3. The molecular formula is C11H7FN2S. The minimum absolute atomic E-state index is 0.283. The lowest BCUT2D eigenvalue weighted by Gasteiger charge is -2.02. The minimum atomic E-state index is -0.283. The lowest BCUT2D eigenvalue weighted by molar-refractivity contribution is 0.629. The first kappa shape index (κ1) is 9.94. The first-order valence-corrected chi connectivity index (χ1v) is 5.34. The number of halogens is 1. The van der Waals surface area contributed by atoms with E-state index in [9.17, 15) is 4.39 Å². The van der Waals surface area contributed by atoms with Crippen LogP contribution in [-0.2, 0) is 0 Å². The molecule has 1 heterocycles. The van der Waals surface area contributed by atoms with E-state index in [2.05, 4.69) is 4.98 Å². The fourth-order valence-corrected chi connectivity index (χ4v) is 2.03. The second kappa shape index (κ2) is 4.28. The molecule has 2 rings (SSSR count). The van der Waals surface area contributed by atoms with Crippen molar-refractivity contribution < 1.29 is 4.39 Å². The van der Waals surface area contributed by atoms with Gasteiger partial charge in [-0.25, -0.2) is 4.39 Å². The molecule has 1 aromatic carbocycles. The Morgan fingerprint density at radius 2 is 2.27 bits per heavy atom. The summed E-state index contributed by atoms with van der Waals surface area (Å²) in [4.78, 5) is 5.02. The van der Waals surface area contributed by atoms with Gasteiger partial charge in [-0.05, 0) is 24.3 Å². The third kappa shape index (κ3) is 2.08. The number of thioether (sulfide) groups is 1. The molecule has 74 valence electrons. The third-order valence-electron chi connectivity index (χ3n) is 1.96. The molecule has 0 fully saturated rings. The van der Waals surface area contributed by atoms with Crippen LogP contribution in [-0.4, -0.2) is 10.7 Å². The molecule has 0 aliphatic carbocycles. The van der Waals surface area contributed by atoms with Crippen molar-refractivity contribution >= 4 is 22.7 Å². The lowest BCUT2D eigenvalue weighted by atomic mass is 10.2. The van der Waals surface area contributed by atoms with Gasteiger partial charge in [-0.1, -0.05) is 0 Å². The van der Waals surface area contributed by atoms with Crippen molar-refractivity contribution in [3.05, 3.63) is 36.3 Å². The van der Waals surface area contributed by atoms with Crippen LogP contribution in [0.1, 0.15) is 0 Å². The van der Waals surface area contributed by atoms with Crippen LogP contribution in [0.25, 0.3) is 10.9 Å². The molecule has 0 aliphatic heterocycles. The van der Waals surface area contributed by atoms with E-state index in [0.29, 0.717) is 5.75 Å². The van der Waals surface area contributed by atoms with E-state index in [0.717, 1.165) is 15.8 Å². The molecular weight excluding hydrogens is 211 g/mol. The van der Waals surface area contributed by atoms with Crippen molar-refractivity contribution in [3.63, 3.8) is 0 Å². The van der Waals surface area contributed by atoms with Crippen LogP contribution in [0, 0.1) is 17.1 Å². The first-order chi connectivity index (χ1) is 7.31. The van der Waals surface area contributed by atoms with Crippen LogP contribution in [0.3, 0.4) is 0 Å². The van der Waals surface area contributed by atoms with Crippen LogP contribution >= 0.6 is 11.8 Å². The zero-order chi connectivity index (χ0) is 10.7. The quantitative estimate of drug-likeness (QED) is 0.727. The highest BCUT2D eigenvalue weighted by molar-refractivity contribution is 7.99. The molecule has 15 heavy (non-hydrogen) atoms. The van der Waals surface area contributed by atoms with Crippen molar-refractivity contribution in [1.82, 2.24) is 4.98 Å². The Hall–Kier alpha value is -1.60. The third-order valence-corrected chi connectivity index (χ3v) is 2.90. The van der Waals surface area contributed by atoms with Crippen molar-refractivity contribution in [2.24, 2.45) is 0 Å². The lowest BCUT2D eigenvalue weighted by Crippen LogP contribution is -1.84. The molecule has 0 unspecified atom stereocenters. The van der Waals surface area contributed by atoms with Gasteiger partial charge in [0.05, 0.1) is 17.3 Å². The van der Waals surface area contributed by atoms with Crippen molar-refractivity contribution in [2.75, 3.05) is 5.75 Å². The number of fused-ring (bicyclic) bond motifs is 1. The highest BCUT2D eigenvalue weighted by Gasteiger charge is 2.03. The van der Waals surface area contributed by atoms with Gasteiger partial charge in [0.2, 0.25) is 0 Å². The molecule has 0 spiro atoms. The maximum Gasteiger partial charge on any atom is 0.124 e. The van der Waals surface area contributed by atoms with Crippen molar-refractivity contribution in [2.45, 2.75) is 4.90 Å². The number of nitriles is 1. The summed E-state index contributed by atoms with van der Waals surface area (Å²) in [5.41, 5.74) is 0.749. The molecule has 0 amide bonds. The Labute approximate surface area is 90.7 Å². The van der Waals surface area contributed by atoms with Gasteiger partial charge in [-0.3, -0.25) is 4.98 Å². The van der Waals surface area contributed by atoms with Gasteiger partial charge in [0, 0.05) is 16.5 Å². The largest absolute Gasteiger partial charge is 0.256 e. The summed E-state index contributed by atoms with van der Waals surface area (Å²) in [7, 11) is 0. The molecule has 1 aromatic heterocycles. The normalized spacial score (nSPS) is 10.1. The summed E-state index contributed by atoms with van der Waals surface area (Å²) in [6, 6.07) is 8.31. The molecule has 0 atom stereocenters. The fourth-order valence-electron chi connectivity index (χ4n) is 1.33. The number of nitrogens with zero attached hydrogens (tertiary/aromatic N) is 2. The number of pyridine rings is 1. The number of benzene rings is 1. The average molecular weight is 218 g/mol. The van der Waals surface area contributed by atoms with Gasteiger partial charge in [-0.2, -0.15) is 5.26 Å². The van der Waals surface area contributed by atoms with E-state index in [1.807, 2.05) is 6.07 Å². The molecule has 0 saturated heterocycles. The van der Waals surface area contributed by atoms with Gasteiger partial charge in [-0.15, -0.1) is 11.8 Å². The predicted molar refractivity (Wildman–Crippen MR) is 58.0 cm³/mol. The van der Waals surface area contributed by atoms with Crippen LogP contribution in [0.2, 0.25) is 0 Å². The Kier molecular flexibility index (Phi) is 2.84. The number of hydrogen-bond donors (Lipinski definition) is 0. The maximum atomic E-state index is 13.0. The molecule has 2 aromatic rings. The smallest absolute Gasteiger partial charge is 0.124 e. The molecule has 2 nitrogen and oxygen atoms in total. The van der Waals surface area contributed by atoms with Crippen LogP contribution < -0.4 is 0 Å². The molecule has 0 N–H and O–H groups in total. The SMILES string of the molecule is N#CCSc1ccnc2ccc(F)cc12. The molecule has 4 heteroatoms. The molecule has 0 saturated carbocycles. The topological polar surface area (TPSA) is 36.7 Å². The summed E-state index contributed by atoms with van der Waals surface area (Å²) in [5, 5.41) is 9.26. The second-order valence-corrected chi connectivity index (χ2v) is 3.93. The summed E-state index contributed by atoms with van der Waals surface area (Å²) < 4.78 is 13.0. The average Bonchev–Trinajstić information content (AvgIpc) is 2.26. The van der Waals surface area contributed by atoms with Gasteiger partial charge in [0.25, 0.3) is 0 Å². The Morgan fingerprint density at radius 1 is 1.40 bits per heavy atom. The van der Waals surface area contributed by atoms with Crippen LogP contribution in [0.4, 0.5) is 4.39 Å². The maximum absolute atomic E-state index is 13.0. The summed E-state index contributed by atoms with van der Waals surface area (Å²) in [6.45, 7) is 0. The highest BCUT2D eigenvalue weighted by Crippen LogP contribution is 2.26. The van der Waals surface area contributed by atoms with E-state index in [-0.39, 0.29) is 5.82 Å². The zero-order valence-electron chi connectivity index (χ0n) is 7.77. The van der Waals surface area contributed by atoms with Gasteiger partial charge in [0.1, 0.15) is 5.82 Å². The molecule has 0 radical (unpaired) electrons. The van der Waals surface area contributed by atoms with E-state index in [1.54, 1.807) is 18.3 Å². The fraction of sp³-hybridized carbons (Fsp3) is 0.0909. The van der Waals surface area contributed by atoms with E-state index >= 15 is 0 Å². The van der Waals surface area contributed by atoms with Crippen LogP contribution in [0.5, 0.6) is 0 Å². The molecule has 0 bridgehead atoms. The van der Waals surface area contributed by atoms with E-state index in [1.165, 1.54) is 23.9 Å². The molecule has 0 aliphatic rings. The summed E-state index contributed by atoms with van der Waals surface area (Å²) >= 11 is 1.39. The van der Waals surface area contributed by atoms with E-state index < -0.39 is 0 Å². The Bertz CT molecular complexity index is 534. The Morgan fingerprint density at radius 3 is 3.07 bits per heavy atom. The number of rotatable bonds is 2. The number of aromatic nitrogens is 1. The van der Waals surface area contributed by atoms with Crippen molar-refractivity contribution in [1.29, 1.82) is 5.26 Å². The monoisotopic (exact) mass is 218 g/mol. The standard InChI is InChI=1S/C11H7FN2S/c12-8-1-2-10-9(7-8)11(3-5-14-10)15-6-4-13/h1-3,5,7H,6H2. The predicted octanol–water partition coefficient (Wildman–Crippen LogP) is 2.99. The zero-order valence-corrected chi connectivity index (χ0v) is 8.59. The second-order valence-electron chi connectivity index (χ2n) is 2.92. The summed E-state index contributed by atoms with van der Waals surface area (Å²) in [5.74, 6) is 0.0737. The minimum Gasteiger partial charge on any atom is -0.256 e. The Balaban J connectivity index is 2.54.